The van der Waals surface area contributed by atoms with Gasteiger partial charge in [-0.3, -0.25) is 4.79 Å². The van der Waals surface area contributed by atoms with Crippen LogP contribution in [-0.4, -0.2) is 44.6 Å². The summed E-state index contributed by atoms with van der Waals surface area (Å²) in [5.74, 6) is 1.57. The van der Waals surface area contributed by atoms with E-state index in [2.05, 4.69) is 57.8 Å². The molecule has 222 valence electrons. The second-order valence-corrected chi connectivity index (χ2v) is 14.5. The summed E-state index contributed by atoms with van der Waals surface area (Å²) in [6, 6.07) is 0. The summed E-state index contributed by atoms with van der Waals surface area (Å²) in [7, 11) is 0. The van der Waals surface area contributed by atoms with Crippen LogP contribution in [-0.2, 0) is 9.53 Å². The van der Waals surface area contributed by atoms with Crippen molar-refractivity contribution in [2.45, 2.75) is 125 Å². The van der Waals surface area contributed by atoms with E-state index >= 15 is 0 Å². The van der Waals surface area contributed by atoms with E-state index in [9.17, 15) is 15.0 Å². The van der Waals surface area contributed by atoms with Crippen molar-refractivity contribution in [3.05, 3.63) is 28.9 Å². The summed E-state index contributed by atoms with van der Waals surface area (Å²) in [6.07, 6.45) is 7.73. The summed E-state index contributed by atoms with van der Waals surface area (Å²) < 4.78 is 11.9. The third-order valence-electron chi connectivity index (χ3n) is 12.1. The topological polar surface area (TPSA) is 106 Å². The van der Waals surface area contributed by atoms with E-state index in [0.29, 0.717) is 30.5 Å². The van der Waals surface area contributed by atoms with Crippen LogP contribution in [0.15, 0.2) is 21.7 Å². The number of hydrogen-bond acceptors (Lipinski definition) is 7. The lowest BCUT2D eigenvalue weighted by molar-refractivity contribution is -0.234. The lowest BCUT2D eigenvalue weighted by Gasteiger charge is -2.69. The molecule has 0 aliphatic heterocycles. The highest BCUT2D eigenvalue weighted by Crippen LogP contribution is 2.74. The molecule has 0 radical (unpaired) electrons. The molecule has 0 saturated heterocycles. The molecular weight excluding hydrogens is 504 g/mol. The summed E-state index contributed by atoms with van der Waals surface area (Å²) in [4.78, 5) is 17.1. The van der Waals surface area contributed by atoms with Crippen molar-refractivity contribution in [2.75, 3.05) is 0 Å². The van der Waals surface area contributed by atoms with Gasteiger partial charge in [-0.2, -0.15) is 4.98 Å². The smallest absolute Gasteiger partial charge is 0.303 e. The Balaban J connectivity index is 1.64. The molecule has 1 unspecified atom stereocenters. The standard InChI is InChI=1S/C33H50N2O5/c1-18(2)10-9-11-22(30-34-20(4)35-40-30)28-24-16-26(38)29-31(6)14-13-25(37)19(3)23(31)12-15-32(29,7)33(24,8)17-27(28)39-21(5)36/h10,19,23-27,29,37-38H,9,11-17H2,1-8H3/b28-22-/t19-,23-,24-,25+,26+,27-,29?,31-,32-,33-/m0/s1. The molecule has 7 nitrogen and oxygen atoms in total. The minimum absolute atomic E-state index is 0.0359. The van der Waals surface area contributed by atoms with E-state index in [1.807, 2.05) is 6.92 Å². The first-order valence-electron chi connectivity index (χ1n) is 15.4. The maximum absolute atomic E-state index is 12.5. The maximum atomic E-state index is 12.5. The van der Waals surface area contributed by atoms with E-state index < -0.39 is 6.10 Å². The Bertz CT molecular complexity index is 1200. The average molecular weight is 555 g/mol. The molecule has 0 amide bonds. The van der Waals surface area contributed by atoms with Gasteiger partial charge in [0.15, 0.2) is 5.82 Å². The van der Waals surface area contributed by atoms with Crippen molar-refractivity contribution >= 4 is 11.5 Å². The number of fused-ring (bicyclic) bond motifs is 5. The monoisotopic (exact) mass is 554 g/mol. The Morgan fingerprint density at radius 3 is 2.45 bits per heavy atom. The van der Waals surface area contributed by atoms with Crippen molar-refractivity contribution < 1.29 is 24.3 Å². The van der Waals surface area contributed by atoms with E-state index in [0.717, 1.165) is 49.7 Å². The number of rotatable bonds is 5. The van der Waals surface area contributed by atoms with Crippen molar-refractivity contribution in [1.82, 2.24) is 10.1 Å². The predicted octanol–water partition coefficient (Wildman–Crippen LogP) is 6.43. The van der Waals surface area contributed by atoms with Crippen LogP contribution in [0.3, 0.4) is 0 Å². The normalized spacial score (nSPS) is 43.8. The zero-order chi connectivity index (χ0) is 29.2. The molecule has 40 heavy (non-hydrogen) atoms. The Kier molecular flexibility index (Phi) is 7.65. The Morgan fingerprint density at radius 1 is 1.10 bits per heavy atom. The molecule has 1 aromatic rings. The molecule has 0 aromatic carbocycles. The van der Waals surface area contributed by atoms with Crippen LogP contribution < -0.4 is 0 Å². The van der Waals surface area contributed by atoms with Gasteiger partial charge < -0.3 is 19.5 Å². The van der Waals surface area contributed by atoms with E-state index in [4.69, 9.17) is 9.26 Å². The van der Waals surface area contributed by atoms with Gasteiger partial charge in [0.05, 0.1) is 12.2 Å². The quantitative estimate of drug-likeness (QED) is 0.319. The number of esters is 1. The fraction of sp³-hybridized carbons (Fsp3) is 0.788. The van der Waals surface area contributed by atoms with Crippen LogP contribution in [0.1, 0.15) is 112 Å². The molecule has 5 rings (SSSR count). The van der Waals surface area contributed by atoms with Crippen molar-refractivity contribution in [2.24, 2.45) is 39.9 Å². The molecule has 10 atom stereocenters. The van der Waals surface area contributed by atoms with Gasteiger partial charge in [-0.05, 0) is 118 Å². The summed E-state index contributed by atoms with van der Waals surface area (Å²) >= 11 is 0. The highest BCUT2D eigenvalue weighted by molar-refractivity contribution is 5.70. The highest BCUT2D eigenvalue weighted by atomic mass is 16.5. The lowest BCUT2D eigenvalue weighted by Crippen LogP contribution is -2.65. The summed E-state index contributed by atoms with van der Waals surface area (Å²) in [6.45, 7) is 16.9. The van der Waals surface area contributed by atoms with Gasteiger partial charge in [-0.1, -0.05) is 44.5 Å². The van der Waals surface area contributed by atoms with Gasteiger partial charge in [-0.15, -0.1) is 0 Å². The molecule has 1 aromatic heterocycles. The fourth-order valence-corrected chi connectivity index (χ4v) is 10.2. The van der Waals surface area contributed by atoms with Crippen LogP contribution in [0.25, 0.3) is 5.57 Å². The maximum Gasteiger partial charge on any atom is 0.303 e. The van der Waals surface area contributed by atoms with Gasteiger partial charge in [0, 0.05) is 12.5 Å². The average Bonchev–Trinajstić information content (AvgIpc) is 3.40. The van der Waals surface area contributed by atoms with Gasteiger partial charge in [0.2, 0.25) is 0 Å². The van der Waals surface area contributed by atoms with Crippen LogP contribution in [0.5, 0.6) is 0 Å². The summed E-state index contributed by atoms with van der Waals surface area (Å²) in [5, 5.41) is 27.0. The number of carbonyl (C=O) groups excluding carboxylic acids is 1. The molecule has 4 aliphatic rings. The van der Waals surface area contributed by atoms with Crippen LogP contribution in [0, 0.1) is 46.8 Å². The molecule has 4 aliphatic carbocycles. The van der Waals surface area contributed by atoms with Gasteiger partial charge in [-0.25, -0.2) is 0 Å². The Hall–Kier alpha value is -1.99. The number of ether oxygens (including phenoxy) is 1. The second-order valence-electron chi connectivity index (χ2n) is 14.5. The largest absolute Gasteiger partial charge is 0.458 e. The number of aliphatic hydroxyl groups excluding tert-OH is 2. The minimum atomic E-state index is -0.479. The van der Waals surface area contributed by atoms with E-state index in [-0.39, 0.29) is 52.2 Å². The molecule has 2 N–H and O–H groups in total. The van der Waals surface area contributed by atoms with Crippen LogP contribution in [0.2, 0.25) is 0 Å². The Labute approximate surface area is 239 Å². The minimum Gasteiger partial charge on any atom is -0.458 e. The van der Waals surface area contributed by atoms with Gasteiger partial charge in [0.1, 0.15) is 6.10 Å². The first-order chi connectivity index (χ1) is 18.7. The third kappa shape index (κ3) is 4.50. The number of carbonyl (C=O) groups is 1. The third-order valence-corrected chi connectivity index (χ3v) is 12.1. The lowest BCUT2D eigenvalue weighted by atomic mass is 9.36. The fourth-order valence-electron chi connectivity index (χ4n) is 10.2. The molecule has 4 saturated carbocycles. The molecular formula is C33H50N2O5. The molecule has 0 bridgehead atoms. The Morgan fingerprint density at radius 2 is 1.82 bits per heavy atom. The number of nitrogens with zero attached hydrogens (tertiary/aromatic N) is 2. The highest BCUT2D eigenvalue weighted by Gasteiger charge is 2.70. The first-order valence-corrected chi connectivity index (χ1v) is 15.4. The number of hydrogen-bond donors (Lipinski definition) is 2. The van der Waals surface area contributed by atoms with E-state index in [1.165, 1.54) is 12.5 Å². The molecule has 4 fully saturated rings. The first kappa shape index (κ1) is 29.5. The molecule has 7 heteroatoms. The zero-order valence-corrected chi connectivity index (χ0v) is 25.8. The second kappa shape index (κ2) is 10.4. The van der Waals surface area contributed by atoms with Crippen molar-refractivity contribution in [3.63, 3.8) is 0 Å². The summed E-state index contributed by atoms with van der Waals surface area (Å²) in [5.41, 5.74) is 2.91. The van der Waals surface area contributed by atoms with Crippen LogP contribution in [0.4, 0.5) is 0 Å². The van der Waals surface area contributed by atoms with Crippen molar-refractivity contribution in [1.29, 1.82) is 0 Å². The van der Waals surface area contributed by atoms with Gasteiger partial charge >= 0.3 is 5.97 Å². The molecule has 0 spiro atoms. The number of allylic oxidation sites excluding steroid dienone is 3. The SMILES string of the molecule is CC(=O)O[C@H]1C[C@@]2(C)[C@@H](C[C@@H](O)C3[C@]2(C)CC[C@H]2[C@H](C)[C@H](O)CC[C@]32C)/C1=C(\CCC=C(C)C)c1nc(C)no1. The van der Waals surface area contributed by atoms with Gasteiger partial charge in [0.25, 0.3) is 5.89 Å². The molecule has 1 heterocycles. The predicted molar refractivity (Wildman–Crippen MR) is 154 cm³/mol. The number of aryl methyl sites for hydroxylation is 1. The van der Waals surface area contributed by atoms with E-state index in [1.54, 1.807) is 0 Å². The number of aromatic nitrogens is 2. The van der Waals surface area contributed by atoms with Crippen LogP contribution >= 0.6 is 0 Å². The number of aliphatic hydroxyl groups is 2. The zero-order valence-electron chi connectivity index (χ0n) is 25.8. The van der Waals surface area contributed by atoms with Crippen molar-refractivity contribution in [3.8, 4) is 0 Å².